The molecule has 6 heteroatoms. The van der Waals surface area contributed by atoms with Crippen LogP contribution in [0.3, 0.4) is 0 Å². The van der Waals surface area contributed by atoms with E-state index in [0.29, 0.717) is 28.6 Å². The topological polar surface area (TPSA) is 58.0 Å². The Balaban J connectivity index is 1.74. The summed E-state index contributed by atoms with van der Waals surface area (Å²) in [7, 11) is 0. The van der Waals surface area contributed by atoms with Crippen molar-refractivity contribution in [1.82, 2.24) is 9.97 Å². The molecule has 1 aromatic heterocycles. The molecule has 1 atom stereocenters. The van der Waals surface area contributed by atoms with Crippen molar-refractivity contribution in [1.29, 1.82) is 0 Å². The van der Waals surface area contributed by atoms with E-state index in [9.17, 15) is 9.50 Å². The summed E-state index contributed by atoms with van der Waals surface area (Å²) in [4.78, 5) is 8.25. The van der Waals surface area contributed by atoms with Gasteiger partial charge in [0.15, 0.2) is 0 Å². The first kappa shape index (κ1) is 16.4. The van der Waals surface area contributed by atoms with E-state index in [2.05, 4.69) is 15.3 Å². The number of aliphatic hydroxyl groups is 1. The predicted octanol–water partition coefficient (Wildman–Crippen LogP) is 4.08. The highest BCUT2D eigenvalue weighted by Gasteiger charge is 2.09. The molecule has 0 fully saturated rings. The number of aliphatic hydroxyl groups excluding tert-OH is 1. The van der Waals surface area contributed by atoms with Crippen LogP contribution in [-0.2, 0) is 0 Å². The van der Waals surface area contributed by atoms with Crippen molar-refractivity contribution in [3.8, 4) is 11.3 Å². The number of nitrogens with zero attached hydrogens (tertiary/aromatic N) is 2. The van der Waals surface area contributed by atoms with Crippen molar-refractivity contribution in [2.24, 2.45) is 0 Å². The number of benzene rings is 2. The number of nitrogens with one attached hydrogen (secondary N) is 1. The monoisotopic (exact) mass is 343 g/mol. The van der Waals surface area contributed by atoms with Gasteiger partial charge < -0.3 is 10.4 Å². The van der Waals surface area contributed by atoms with Crippen molar-refractivity contribution >= 4 is 17.4 Å². The molecule has 1 heterocycles. The third-order valence-electron chi connectivity index (χ3n) is 3.49. The maximum atomic E-state index is 13.5. The molecule has 24 heavy (non-hydrogen) atoms. The van der Waals surface area contributed by atoms with E-state index in [-0.39, 0.29) is 0 Å². The highest BCUT2D eigenvalue weighted by molar-refractivity contribution is 6.30. The third-order valence-corrected chi connectivity index (χ3v) is 3.70. The molecule has 3 rings (SSSR count). The van der Waals surface area contributed by atoms with Gasteiger partial charge in [-0.15, -0.1) is 0 Å². The van der Waals surface area contributed by atoms with Crippen LogP contribution in [0, 0.1) is 5.82 Å². The molecule has 1 unspecified atom stereocenters. The van der Waals surface area contributed by atoms with Gasteiger partial charge in [0.25, 0.3) is 0 Å². The highest BCUT2D eigenvalue weighted by atomic mass is 35.5. The van der Waals surface area contributed by atoms with Gasteiger partial charge in [-0.25, -0.2) is 14.4 Å². The number of aromatic nitrogens is 2. The minimum Gasteiger partial charge on any atom is -0.387 e. The lowest BCUT2D eigenvalue weighted by Gasteiger charge is -2.13. The number of hydrogen-bond acceptors (Lipinski definition) is 4. The summed E-state index contributed by atoms with van der Waals surface area (Å²) in [6.07, 6.45) is 0.721. The second-order valence-corrected chi connectivity index (χ2v) is 5.69. The molecule has 0 saturated carbocycles. The molecule has 0 radical (unpaired) electrons. The maximum absolute atomic E-state index is 13.5. The molecular formula is C18H15ClFN3O. The Kier molecular flexibility index (Phi) is 5.03. The van der Waals surface area contributed by atoms with E-state index in [1.165, 1.54) is 18.5 Å². The van der Waals surface area contributed by atoms with Crippen LogP contribution in [0.4, 0.5) is 10.2 Å². The van der Waals surface area contributed by atoms with Crippen LogP contribution >= 0.6 is 11.6 Å². The Bertz CT molecular complexity index is 809. The molecule has 2 N–H and O–H groups in total. The quantitative estimate of drug-likeness (QED) is 0.733. The molecule has 2 aromatic carbocycles. The lowest BCUT2D eigenvalue weighted by Crippen LogP contribution is -2.13. The Labute approximate surface area is 144 Å². The summed E-state index contributed by atoms with van der Waals surface area (Å²) in [5, 5.41) is 13.5. The summed E-state index contributed by atoms with van der Waals surface area (Å²) in [6, 6.07) is 15.3. The molecule has 0 aliphatic rings. The van der Waals surface area contributed by atoms with E-state index in [4.69, 9.17) is 11.6 Å². The van der Waals surface area contributed by atoms with Gasteiger partial charge in [-0.1, -0.05) is 41.9 Å². The van der Waals surface area contributed by atoms with Crippen LogP contribution in [0.2, 0.25) is 5.02 Å². The van der Waals surface area contributed by atoms with Crippen LogP contribution in [0.15, 0.2) is 60.9 Å². The number of rotatable bonds is 5. The number of hydrogen-bond donors (Lipinski definition) is 2. The zero-order chi connectivity index (χ0) is 16.9. The zero-order valence-electron chi connectivity index (χ0n) is 12.7. The fourth-order valence-corrected chi connectivity index (χ4v) is 2.53. The summed E-state index contributed by atoms with van der Waals surface area (Å²) in [5.41, 5.74) is 1.92. The van der Waals surface area contributed by atoms with Gasteiger partial charge in [0.05, 0.1) is 11.8 Å². The number of halogens is 2. The van der Waals surface area contributed by atoms with Gasteiger partial charge in [-0.2, -0.15) is 0 Å². The first-order valence-corrected chi connectivity index (χ1v) is 7.75. The van der Waals surface area contributed by atoms with Gasteiger partial charge >= 0.3 is 0 Å². The highest BCUT2D eigenvalue weighted by Crippen LogP contribution is 2.24. The van der Waals surface area contributed by atoms with Crippen LogP contribution in [0.25, 0.3) is 11.3 Å². The van der Waals surface area contributed by atoms with Crippen molar-refractivity contribution in [3.05, 3.63) is 77.3 Å². The van der Waals surface area contributed by atoms with Gasteiger partial charge in [0, 0.05) is 23.2 Å². The Hall–Kier alpha value is -2.50. The van der Waals surface area contributed by atoms with E-state index >= 15 is 0 Å². The van der Waals surface area contributed by atoms with Crippen molar-refractivity contribution in [2.75, 3.05) is 11.9 Å². The minimum atomic E-state index is -0.659. The molecule has 0 bridgehead atoms. The number of anilines is 1. The van der Waals surface area contributed by atoms with Gasteiger partial charge in [0.2, 0.25) is 0 Å². The first-order chi connectivity index (χ1) is 11.6. The Morgan fingerprint density at radius 2 is 1.88 bits per heavy atom. The van der Waals surface area contributed by atoms with Crippen molar-refractivity contribution in [2.45, 2.75) is 6.10 Å². The largest absolute Gasteiger partial charge is 0.387 e. The molecule has 0 saturated heterocycles. The van der Waals surface area contributed by atoms with Crippen LogP contribution in [-0.4, -0.2) is 21.6 Å². The molecule has 3 aromatic rings. The summed E-state index contributed by atoms with van der Waals surface area (Å²) < 4.78 is 13.5. The molecule has 0 amide bonds. The van der Waals surface area contributed by atoms with E-state index in [1.54, 1.807) is 12.1 Å². The van der Waals surface area contributed by atoms with Gasteiger partial charge in [-0.05, 0) is 23.8 Å². The molecule has 122 valence electrons. The predicted molar refractivity (Wildman–Crippen MR) is 92.3 cm³/mol. The van der Waals surface area contributed by atoms with E-state index < -0.39 is 11.9 Å². The van der Waals surface area contributed by atoms with Crippen molar-refractivity contribution < 1.29 is 9.50 Å². The standard InChI is InChI=1S/C18H15ClFN3O/c19-14-6-13(7-15(20)8-14)16-9-18(23-11-22-16)21-10-17(24)12-4-2-1-3-5-12/h1-9,11,17,24H,10H2,(H,21,22,23). The second-order valence-electron chi connectivity index (χ2n) is 5.25. The van der Waals surface area contributed by atoms with Crippen LogP contribution < -0.4 is 5.32 Å². The first-order valence-electron chi connectivity index (χ1n) is 7.37. The molecule has 0 spiro atoms. The van der Waals surface area contributed by atoms with Gasteiger partial charge in [-0.3, -0.25) is 0 Å². The van der Waals surface area contributed by atoms with E-state index in [0.717, 1.165) is 5.56 Å². The van der Waals surface area contributed by atoms with Gasteiger partial charge in [0.1, 0.15) is 18.0 Å². The van der Waals surface area contributed by atoms with Crippen LogP contribution in [0.5, 0.6) is 0 Å². The normalized spacial score (nSPS) is 12.0. The van der Waals surface area contributed by atoms with E-state index in [1.807, 2.05) is 30.3 Å². The summed E-state index contributed by atoms with van der Waals surface area (Å²) in [6.45, 7) is 0.296. The van der Waals surface area contributed by atoms with Crippen molar-refractivity contribution in [3.63, 3.8) is 0 Å². The fourth-order valence-electron chi connectivity index (χ4n) is 2.31. The average Bonchev–Trinajstić information content (AvgIpc) is 2.60. The minimum absolute atomic E-state index is 0.296. The second kappa shape index (κ2) is 7.38. The smallest absolute Gasteiger partial charge is 0.130 e. The molecule has 0 aliphatic heterocycles. The van der Waals surface area contributed by atoms with Crippen LogP contribution in [0.1, 0.15) is 11.7 Å². The average molecular weight is 344 g/mol. The zero-order valence-corrected chi connectivity index (χ0v) is 13.4. The Morgan fingerprint density at radius 1 is 1.08 bits per heavy atom. The molecular weight excluding hydrogens is 329 g/mol. The molecule has 0 aliphatic carbocycles. The third kappa shape index (κ3) is 4.07. The summed E-state index contributed by atoms with van der Waals surface area (Å²) in [5.74, 6) is 0.112. The lowest BCUT2D eigenvalue weighted by molar-refractivity contribution is 0.191. The summed E-state index contributed by atoms with van der Waals surface area (Å²) >= 11 is 5.88. The fraction of sp³-hybridized carbons (Fsp3) is 0.111. The maximum Gasteiger partial charge on any atom is 0.130 e. The lowest BCUT2D eigenvalue weighted by atomic mass is 10.1. The Morgan fingerprint density at radius 3 is 2.62 bits per heavy atom. The molecule has 4 nitrogen and oxygen atoms in total. The SMILES string of the molecule is OC(CNc1cc(-c2cc(F)cc(Cl)c2)ncn1)c1ccccc1.